The van der Waals surface area contributed by atoms with E-state index in [4.69, 9.17) is 15.2 Å². The summed E-state index contributed by atoms with van der Waals surface area (Å²) in [5.74, 6) is 0.983. The first-order valence-corrected chi connectivity index (χ1v) is 6.10. The topological polar surface area (TPSA) is 56.5 Å². The number of hydrogen-bond donors (Lipinski definition) is 2. The molecule has 2 aromatic carbocycles. The lowest BCUT2D eigenvalue weighted by molar-refractivity contribution is 0.395. The van der Waals surface area contributed by atoms with Crippen molar-refractivity contribution < 1.29 is 13.9 Å². The second-order valence-corrected chi connectivity index (χ2v) is 4.38. The Hall–Kier alpha value is -2.43. The van der Waals surface area contributed by atoms with Gasteiger partial charge in [0.1, 0.15) is 17.3 Å². The molecule has 3 N–H and O–H groups in total. The van der Waals surface area contributed by atoms with Gasteiger partial charge in [-0.25, -0.2) is 4.39 Å². The molecule has 2 aromatic rings. The molecule has 5 heteroatoms. The van der Waals surface area contributed by atoms with Crippen molar-refractivity contribution >= 4 is 17.1 Å². The summed E-state index contributed by atoms with van der Waals surface area (Å²) in [6.45, 7) is 1.69. The third kappa shape index (κ3) is 2.77. The number of aryl methyl sites for hydroxylation is 1. The van der Waals surface area contributed by atoms with E-state index in [1.165, 1.54) is 6.07 Å². The average Bonchev–Trinajstić information content (AvgIpc) is 2.45. The lowest BCUT2D eigenvalue weighted by atomic mass is 10.1. The van der Waals surface area contributed by atoms with Gasteiger partial charge in [0, 0.05) is 6.07 Å². The predicted octanol–water partition coefficient (Wildman–Crippen LogP) is 3.48. The van der Waals surface area contributed by atoms with Gasteiger partial charge >= 0.3 is 0 Å². The van der Waals surface area contributed by atoms with Crippen LogP contribution in [0, 0.1) is 12.7 Å². The first-order valence-electron chi connectivity index (χ1n) is 6.10. The Bertz CT molecular complexity index is 630. The number of nitrogen functional groups attached to an aromatic ring is 1. The number of anilines is 3. The number of rotatable bonds is 4. The van der Waals surface area contributed by atoms with Crippen LogP contribution in [0.2, 0.25) is 0 Å². The van der Waals surface area contributed by atoms with E-state index in [9.17, 15) is 4.39 Å². The minimum atomic E-state index is -0.324. The smallest absolute Gasteiger partial charge is 0.145 e. The highest BCUT2D eigenvalue weighted by atomic mass is 19.1. The maximum absolute atomic E-state index is 13.4. The second kappa shape index (κ2) is 5.69. The number of methoxy groups -OCH3 is 2. The molecule has 106 valence electrons. The Labute approximate surface area is 117 Å². The highest BCUT2D eigenvalue weighted by Gasteiger charge is 2.09. The molecule has 0 saturated carbocycles. The van der Waals surface area contributed by atoms with Crippen LogP contribution in [0.15, 0.2) is 30.3 Å². The van der Waals surface area contributed by atoms with E-state index >= 15 is 0 Å². The molecule has 0 radical (unpaired) electrons. The van der Waals surface area contributed by atoms with E-state index in [-0.39, 0.29) is 5.82 Å². The number of hydrogen-bond acceptors (Lipinski definition) is 4. The Morgan fingerprint density at radius 3 is 2.45 bits per heavy atom. The number of nitrogens with one attached hydrogen (secondary N) is 1. The molecule has 0 heterocycles. The van der Waals surface area contributed by atoms with Gasteiger partial charge in [-0.2, -0.15) is 0 Å². The maximum atomic E-state index is 13.4. The average molecular weight is 276 g/mol. The number of benzene rings is 2. The van der Waals surface area contributed by atoms with E-state index in [0.717, 1.165) is 5.69 Å². The molecule has 0 spiro atoms. The van der Waals surface area contributed by atoms with Gasteiger partial charge in [-0.3, -0.25) is 0 Å². The van der Waals surface area contributed by atoms with Gasteiger partial charge < -0.3 is 20.5 Å². The van der Waals surface area contributed by atoms with Gasteiger partial charge in [-0.05, 0) is 36.8 Å². The zero-order valence-electron chi connectivity index (χ0n) is 11.7. The Morgan fingerprint density at radius 2 is 1.80 bits per heavy atom. The fraction of sp³-hybridized carbons (Fsp3) is 0.200. The lowest BCUT2D eigenvalue weighted by Crippen LogP contribution is -2.00. The molecule has 20 heavy (non-hydrogen) atoms. The molecule has 0 aliphatic carbocycles. The van der Waals surface area contributed by atoms with Crippen molar-refractivity contribution in [2.75, 3.05) is 25.3 Å². The van der Waals surface area contributed by atoms with Gasteiger partial charge in [-0.1, -0.05) is 0 Å². The monoisotopic (exact) mass is 276 g/mol. The first kappa shape index (κ1) is 14.0. The summed E-state index contributed by atoms with van der Waals surface area (Å²) in [5.41, 5.74) is 8.04. The van der Waals surface area contributed by atoms with Crippen LogP contribution >= 0.6 is 0 Å². The van der Waals surface area contributed by atoms with Gasteiger partial charge in [0.2, 0.25) is 0 Å². The summed E-state index contributed by atoms with van der Waals surface area (Å²) < 4.78 is 23.8. The molecule has 4 nitrogen and oxygen atoms in total. The van der Waals surface area contributed by atoms with Gasteiger partial charge in [0.15, 0.2) is 0 Å². The molecule has 0 aliphatic rings. The Kier molecular flexibility index (Phi) is 3.98. The van der Waals surface area contributed by atoms with E-state index in [2.05, 4.69) is 5.32 Å². The standard InChI is InChI=1S/C15H17FN2O2/c1-9-6-14(12(17)8-11(9)16)18-13-5-4-10(19-2)7-15(13)20-3/h4-8,18H,17H2,1-3H3. The van der Waals surface area contributed by atoms with Crippen LogP contribution < -0.4 is 20.5 Å². The molecule has 0 aromatic heterocycles. The third-order valence-electron chi connectivity index (χ3n) is 3.01. The zero-order chi connectivity index (χ0) is 14.7. The molecular weight excluding hydrogens is 259 g/mol. The van der Waals surface area contributed by atoms with Gasteiger partial charge in [0.25, 0.3) is 0 Å². The molecule has 0 saturated heterocycles. The molecule has 0 amide bonds. The van der Waals surface area contributed by atoms with Crippen molar-refractivity contribution in [1.29, 1.82) is 0 Å². The van der Waals surface area contributed by atoms with E-state index in [1.54, 1.807) is 39.3 Å². The minimum Gasteiger partial charge on any atom is -0.497 e. The van der Waals surface area contributed by atoms with Gasteiger partial charge in [0.05, 0.1) is 31.3 Å². The van der Waals surface area contributed by atoms with Crippen molar-refractivity contribution in [1.82, 2.24) is 0 Å². The molecule has 0 unspecified atom stereocenters. The van der Waals surface area contributed by atoms with Crippen LogP contribution in [0.4, 0.5) is 21.5 Å². The highest BCUT2D eigenvalue weighted by molar-refractivity contribution is 5.76. The summed E-state index contributed by atoms with van der Waals surface area (Å²) in [4.78, 5) is 0. The third-order valence-corrected chi connectivity index (χ3v) is 3.01. The van der Waals surface area contributed by atoms with E-state index in [0.29, 0.717) is 28.4 Å². The molecule has 0 fully saturated rings. The summed E-state index contributed by atoms with van der Waals surface area (Å²) in [6, 6.07) is 8.34. The van der Waals surface area contributed by atoms with E-state index in [1.807, 2.05) is 6.07 Å². The lowest BCUT2D eigenvalue weighted by Gasteiger charge is -2.14. The highest BCUT2D eigenvalue weighted by Crippen LogP contribution is 2.33. The molecule has 0 bridgehead atoms. The number of ether oxygens (including phenoxy) is 2. The molecule has 0 atom stereocenters. The fourth-order valence-corrected chi connectivity index (χ4v) is 1.85. The van der Waals surface area contributed by atoms with Crippen LogP contribution in [0.1, 0.15) is 5.56 Å². The van der Waals surface area contributed by atoms with Crippen molar-refractivity contribution in [3.63, 3.8) is 0 Å². The van der Waals surface area contributed by atoms with Crippen molar-refractivity contribution in [3.8, 4) is 11.5 Å². The quantitative estimate of drug-likeness (QED) is 0.839. The number of nitrogens with two attached hydrogens (primary N) is 1. The van der Waals surface area contributed by atoms with Crippen molar-refractivity contribution in [2.24, 2.45) is 0 Å². The van der Waals surface area contributed by atoms with Crippen LogP contribution in [0.3, 0.4) is 0 Å². The van der Waals surface area contributed by atoms with E-state index < -0.39 is 0 Å². The molecular formula is C15H17FN2O2. The maximum Gasteiger partial charge on any atom is 0.145 e. The largest absolute Gasteiger partial charge is 0.497 e. The first-order chi connectivity index (χ1) is 9.55. The summed E-state index contributed by atoms with van der Waals surface area (Å²) in [7, 11) is 3.16. The molecule has 2 rings (SSSR count). The minimum absolute atomic E-state index is 0.324. The second-order valence-electron chi connectivity index (χ2n) is 4.38. The van der Waals surface area contributed by atoms with Crippen LogP contribution in [0.25, 0.3) is 0 Å². The summed E-state index contributed by atoms with van der Waals surface area (Å²) >= 11 is 0. The SMILES string of the molecule is COc1ccc(Nc2cc(C)c(F)cc2N)c(OC)c1. The van der Waals surface area contributed by atoms with Crippen molar-refractivity contribution in [3.05, 3.63) is 41.7 Å². The van der Waals surface area contributed by atoms with Gasteiger partial charge in [-0.15, -0.1) is 0 Å². The van der Waals surface area contributed by atoms with Crippen LogP contribution in [-0.2, 0) is 0 Å². The zero-order valence-corrected chi connectivity index (χ0v) is 11.7. The molecule has 0 aliphatic heterocycles. The Morgan fingerprint density at radius 1 is 1.05 bits per heavy atom. The van der Waals surface area contributed by atoms with Crippen molar-refractivity contribution in [2.45, 2.75) is 6.92 Å². The summed E-state index contributed by atoms with van der Waals surface area (Å²) in [5, 5.41) is 3.14. The number of halogens is 1. The fourth-order valence-electron chi connectivity index (χ4n) is 1.85. The summed E-state index contributed by atoms with van der Waals surface area (Å²) in [6.07, 6.45) is 0. The Balaban J connectivity index is 2.37. The normalized spacial score (nSPS) is 10.2. The predicted molar refractivity (Wildman–Crippen MR) is 78.4 cm³/mol. The van der Waals surface area contributed by atoms with Crippen LogP contribution in [-0.4, -0.2) is 14.2 Å². The van der Waals surface area contributed by atoms with Crippen LogP contribution in [0.5, 0.6) is 11.5 Å².